The molecule has 96 valence electrons. The van der Waals surface area contributed by atoms with Gasteiger partial charge in [-0.3, -0.25) is 14.4 Å². The van der Waals surface area contributed by atoms with Crippen LogP contribution in [0.1, 0.15) is 12.8 Å². The Morgan fingerprint density at radius 2 is 1.68 bits per heavy atom. The van der Waals surface area contributed by atoms with Gasteiger partial charge in [0, 0.05) is 12.8 Å². The summed E-state index contributed by atoms with van der Waals surface area (Å²) in [6, 6.07) is 6.80. The fourth-order valence-corrected chi connectivity index (χ4v) is 2.40. The predicted octanol–water partition coefficient (Wildman–Crippen LogP) is 0.844. The average Bonchev–Trinajstić information content (AvgIpc) is 2.71. The Morgan fingerprint density at radius 3 is 2.37 bits per heavy atom. The van der Waals surface area contributed by atoms with E-state index in [9.17, 15) is 14.4 Å². The van der Waals surface area contributed by atoms with E-state index >= 15 is 0 Å². The third-order valence-electron chi connectivity index (χ3n) is 3.01. The molecule has 1 fully saturated rings. The number of rotatable bonds is 1. The van der Waals surface area contributed by atoms with Gasteiger partial charge in [-0.2, -0.15) is 9.69 Å². The van der Waals surface area contributed by atoms with Gasteiger partial charge in [-0.05, 0) is 24.4 Å². The number of nitrogens with zero attached hydrogens (tertiary/aromatic N) is 2. The van der Waals surface area contributed by atoms with Crippen LogP contribution in [0.3, 0.4) is 0 Å². The minimum atomic E-state index is -0.469. The van der Waals surface area contributed by atoms with Gasteiger partial charge < -0.3 is 4.98 Å². The Morgan fingerprint density at radius 1 is 1.05 bits per heavy atom. The third-order valence-corrected chi connectivity index (χ3v) is 3.28. The van der Waals surface area contributed by atoms with Crippen LogP contribution in [0.25, 0.3) is 10.9 Å². The third kappa shape index (κ3) is 1.70. The van der Waals surface area contributed by atoms with Crippen molar-refractivity contribution in [2.45, 2.75) is 12.8 Å². The lowest BCUT2D eigenvalue weighted by Gasteiger charge is -2.16. The second kappa shape index (κ2) is 4.13. The fourth-order valence-electron chi connectivity index (χ4n) is 2.12. The number of imide groups is 1. The number of hydrogen-bond acceptors (Lipinski definition) is 4. The molecule has 0 bridgehead atoms. The number of carbonyl (C=O) groups is 2. The molecule has 2 amide bonds. The highest BCUT2D eigenvalue weighted by Crippen LogP contribution is 2.12. The Bertz CT molecular complexity index is 805. The first-order chi connectivity index (χ1) is 9.09. The lowest BCUT2D eigenvalue weighted by atomic mass is 10.2. The number of benzene rings is 1. The summed E-state index contributed by atoms with van der Waals surface area (Å²) >= 11 is 5.07. The number of carbonyl (C=O) groups excluding carboxylic acids is 2. The molecule has 1 aromatic heterocycles. The lowest BCUT2D eigenvalue weighted by Crippen LogP contribution is -2.46. The summed E-state index contributed by atoms with van der Waals surface area (Å²) in [5.74, 6) is -0.830. The molecule has 1 aromatic carbocycles. The monoisotopic (exact) mass is 275 g/mol. The van der Waals surface area contributed by atoms with Gasteiger partial charge in [0.2, 0.25) is 16.6 Å². The Balaban J connectivity index is 2.36. The van der Waals surface area contributed by atoms with E-state index in [1.54, 1.807) is 24.3 Å². The zero-order chi connectivity index (χ0) is 13.6. The summed E-state index contributed by atoms with van der Waals surface area (Å²) in [5.41, 5.74) is 0.107. The van der Waals surface area contributed by atoms with Crippen molar-refractivity contribution in [2.24, 2.45) is 0 Å². The van der Waals surface area contributed by atoms with Crippen LogP contribution >= 0.6 is 12.2 Å². The normalized spacial score (nSPS) is 15.5. The minimum Gasteiger partial charge on any atom is -0.330 e. The van der Waals surface area contributed by atoms with Gasteiger partial charge in [-0.25, -0.2) is 0 Å². The van der Waals surface area contributed by atoms with Gasteiger partial charge >= 0.3 is 0 Å². The number of H-pyrrole nitrogens is 1. The molecule has 2 heterocycles. The topological polar surface area (TPSA) is 75.2 Å². The Kier molecular flexibility index (Phi) is 2.56. The molecule has 1 N–H and O–H groups in total. The first kappa shape index (κ1) is 11.8. The molecule has 0 radical (unpaired) electrons. The maximum atomic E-state index is 12.4. The number of aromatic nitrogens is 2. The van der Waals surface area contributed by atoms with Gasteiger partial charge in [0.05, 0.1) is 10.9 Å². The van der Waals surface area contributed by atoms with Gasteiger partial charge in [0.1, 0.15) is 0 Å². The second-order valence-electron chi connectivity index (χ2n) is 4.19. The molecule has 6 nitrogen and oxygen atoms in total. The van der Waals surface area contributed by atoms with Crippen LogP contribution in [0.15, 0.2) is 29.1 Å². The number of para-hydroxylation sites is 1. The van der Waals surface area contributed by atoms with Gasteiger partial charge in [0.25, 0.3) is 5.56 Å². The molecule has 1 saturated heterocycles. The van der Waals surface area contributed by atoms with Crippen LogP contribution in [0, 0.1) is 4.77 Å². The highest BCUT2D eigenvalue weighted by molar-refractivity contribution is 7.71. The van der Waals surface area contributed by atoms with Gasteiger partial charge in [-0.1, -0.05) is 12.1 Å². The van der Waals surface area contributed by atoms with Crippen LogP contribution in [0.2, 0.25) is 0 Å². The average molecular weight is 275 g/mol. The summed E-state index contributed by atoms with van der Waals surface area (Å²) in [4.78, 5) is 38.6. The predicted molar refractivity (Wildman–Crippen MR) is 70.9 cm³/mol. The van der Waals surface area contributed by atoms with Crippen molar-refractivity contribution in [2.75, 3.05) is 5.01 Å². The van der Waals surface area contributed by atoms with Gasteiger partial charge in [0.15, 0.2) is 0 Å². The highest BCUT2D eigenvalue weighted by Gasteiger charge is 2.32. The molecule has 0 spiro atoms. The smallest absolute Gasteiger partial charge is 0.281 e. The van der Waals surface area contributed by atoms with Crippen molar-refractivity contribution in [1.29, 1.82) is 0 Å². The van der Waals surface area contributed by atoms with E-state index in [2.05, 4.69) is 4.98 Å². The number of amides is 2. The molecule has 1 aliphatic rings. The maximum Gasteiger partial charge on any atom is 0.281 e. The van der Waals surface area contributed by atoms with E-state index in [1.165, 1.54) is 0 Å². The van der Waals surface area contributed by atoms with E-state index < -0.39 is 17.4 Å². The molecule has 1 aliphatic heterocycles. The summed E-state index contributed by atoms with van der Waals surface area (Å²) in [6.07, 6.45) is 0.208. The molecular formula is C12H9N3O3S. The zero-order valence-corrected chi connectivity index (χ0v) is 10.6. The van der Waals surface area contributed by atoms with Crippen LogP contribution in [-0.4, -0.2) is 21.5 Å². The van der Waals surface area contributed by atoms with E-state index in [0.717, 1.165) is 9.69 Å². The lowest BCUT2D eigenvalue weighted by molar-refractivity contribution is -0.123. The van der Waals surface area contributed by atoms with Crippen molar-refractivity contribution >= 4 is 34.9 Å². The zero-order valence-electron chi connectivity index (χ0n) is 9.75. The van der Waals surface area contributed by atoms with Crippen molar-refractivity contribution < 1.29 is 9.59 Å². The second-order valence-corrected chi connectivity index (χ2v) is 4.58. The van der Waals surface area contributed by atoms with Crippen molar-refractivity contribution in [1.82, 2.24) is 9.66 Å². The number of nitrogens with one attached hydrogen (secondary N) is 1. The van der Waals surface area contributed by atoms with E-state index in [1.807, 2.05) is 0 Å². The first-order valence-corrected chi connectivity index (χ1v) is 6.10. The van der Waals surface area contributed by atoms with Crippen LogP contribution < -0.4 is 10.6 Å². The number of aromatic amines is 1. The molecule has 0 saturated carbocycles. The molecular weight excluding hydrogens is 266 g/mol. The van der Waals surface area contributed by atoms with Gasteiger partial charge in [-0.15, -0.1) is 0 Å². The fraction of sp³-hybridized carbons (Fsp3) is 0.167. The van der Waals surface area contributed by atoms with Crippen LogP contribution in [-0.2, 0) is 9.59 Å². The molecule has 19 heavy (non-hydrogen) atoms. The summed E-state index contributed by atoms with van der Waals surface area (Å²) in [5, 5.41) is 1.21. The molecule has 2 aromatic rings. The SMILES string of the molecule is O=C1CCC(=O)N1n1c(=S)[nH]c2ccccc2c1=O. The number of hydrogen-bond donors (Lipinski definition) is 1. The van der Waals surface area contributed by atoms with Crippen molar-refractivity contribution in [3.63, 3.8) is 0 Å². The molecule has 3 rings (SSSR count). The van der Waals surface area contributed by atoms with E-state index in [-0.39, 0.29) is 17.6 Å². The molecule has 7 heteroatoms. The Hall–Kier alpha value is -2.28. The molecule has 0 aliphatic carbocycles. The van der Waals surface area contributed by atoms with E-state index in [0.29, 0.717) is 10.9 Å². The van der Waals surface area contributed by atoms with E-state index in [4.69, 9.17) is 12.2 Å². The maximum absolute atomic E-state index is 12.4. The first-order valence-electron chi connectivity index (χ1n) is 5.70. The summed E-state index contributed by atoms with van der Waals surface area (Å²) < 4.78 is 0.974. The summed E-state index contributed by atoms with van der Waals surface area (Å²) in [7, 11) is 0. The largest absolute Gasteiger partial charge is 0.330 e. The van der Waals surface area contributed by atoms with Crippen molar-refractivity contribution in [3.05, 3.63) is 39.4 Å². The minimum absolute atomic E-state index is 0.0345. The highest BCUT2D eigenvalue weighted by atomic mass is 32.1. The van der Waals surface area contributed by atoms with Crippen LogP contribution in [0.5, 0.6) is 0 Å². The number of fused-ring (bicyclic) bond motifs is 1. The summed E-state index contributed by atoms with van der Waals surface area (Å²) in [6.45, 7) is 0. The standard InChI is InChI=1S/C12H9N3O3S/c16-9-5-6-10(17)14(9)15-11(18)7-3-1-2-4-8(7)13-12(15)19/h1-4H,5-6H2,(H,13,19). The Labute approximate surface area is 112 Å². The van der Waals surface area contributed by atoms with Crippen LogP contribution in [0.4, 0.5) is 0 Å². The van der Waals surface area contributed by atoms with Crippen molar-refractivity contribution in [3.8, 4) is 0 Å². The molecule has 0 unspecified atom stereocenters. The molecule has 0 atom stereocenters. The quantitative estimate of drug-likeness (QED) is 0.618.